The first-order chi connectivity index (χ1) is 7.72. The van der Waals surface area contributed by atoms with Crippen LogP contribution in [-0.2, 0) is 6.54 Å². The summed E-state index contributed by atoms with van der Waals surface area (Å²) in [4.78, 5) is 0. The summed E-state index contributed by atoms with van der Waals surface area (Å²) in [6, 6.07) is 12.4. The Kier molecular flexibility index (Phi) is 3.46. The topological polar surface area (TPSA) is 25.2 Å². The Bertz CT molecular complexity index is 473. The molecular formula is C13H14BrNO. The lowest BCUT2D eigenvalue weighted by Crippen LogP contribution is -2.05. The van der Waals surface area contributed by atoms with Crippen molar-refractivity contribution in [2.45, 2.75) is 13.5 Å². The van der Waals surface area contributed by atoms with Gasteiger partial charge in [0.15, 0.2) is 0 Å². The molecule has 0 aliphatic rings. The summed E-state index contributed by atoms with van der Waals surface area (Å²) in [7, 11) is 0. The molecule has 0 atom stereocenters. The van der Waals surface area contributed by atoms with Crippen molar-refractivity contribution in [1.29, 1.82) is 0 Å². The Hall–Kier alpha value is -1.06. The minimum absolute atomic E-state index is 0.166. The lowest BCUT2D eigenvalue weighted by molar-refractivity contribution is 0.276. The first kappa shape index (κ1) is 11.4. The average Bonchev–Trinajstić information content (AvgIpc) is 2.63. The summed E-state index contributed by atoms with van der Waals surface area (Å²) in [5, 5.41) is 9.05. The van der Waals surface area contributed by atoms with E-state index in [2.05, 4.69) is 51.7 Å². The van der Waals surface area contributed by atoms with E-state index in [1.165, 1.54) is 11.3 Å². The van der Waals surface area contributed by atoms with Crippen molar-refractivity contribution in [2.24, 2.45) is 0 Å². The number of rotatable bonds is 3. The smallest absolute Gasteiger partial charge is 0.0610 e. The van der Waals surface area contributed by atoms with Crippen LogP contribution in [0.2, 0.25) is 0 Å². The van der Waals surface area contributed by atoms with E-state index in [-0.39, 0.29) is 6.61 Å². The molecule has 3 heteroatoms. The van der Waals surface area contributed by atoms with Crippen LogP contribution in [0.1, 0.15) is 5.69 Å². The largest absolute Gasteiger partial charge is 0.395 e. The summed E-state index contributed by atoms with van der Waals surface area (Å²) < 4.78 is 3.21. The first-order valence-electron chi connectivity index (χ1n) is 5.25. The fourth-order valence-corrected chi connectivity index (χ4v) is 2.10. The number of aryl methyl sites for hydroxylation is 1. The van der Waals surface area contributed by atoms with Gasteiger partial charge >= 0.3 is 0 Å². The quantitative estimate of drug-likeness (QED) is 0.917. The van der Waals surface area contributed by atoms with Crippen LogP contribution in [0.5, 0.6) is 0 Å². The van der Waals surface area contributed by atoms with Crippen LogP contribution in [0.25, 0.3) is 11.3 Å². The van der Waals surface area contributed by atoms with E-state index >= 15 is 0 Å². The monoisotopic (exact) mass is 279 g/mol. The van der Waals surface area contributed by atoms with Gasteiger partial charge in [-0.25, -0.2) is 0 Å². The molecule has 16 heavy (non-hydrogen) atoms. The Morgan fingerprint density at radius 2 is 1.81 bits per heavy atom. The molecule has 0 unspecified atom stereocenters. The number of benzene rings is 1. The minimum Gasteiger partial charge on any atom is -0.395 e. The van der Waals surface area contributed by atoms with Crippen LogP contribution in [0.15, 0.2) is 40.9 Å². The molecule has 2 aromatic rings. The van der Waals surface area contributed by atoms with Gasteiger partial charge in [-0.1, -0.05) is 28.1 Å². The Balaban J connectivity index is 2.43. The zero-order valence-electron chi connectivity index (χ0n) is 9.15. The molecule has 0 saturated carbocycles. The van der Waals surface area contributed by atoms with Gasteiger partial charge in [-0.2, -0.15) is 0 Å². The summed E-state index contributed by atoms with van der Waals surface area (Å²) >= 11 is 3.43. The second kappa shape index (κ2) is 4.85. The zero-order chi connectivity index (χ0) is 11.5. The summed E-state index contributed by atoms with van der Waals surface area (Å²) in [6.07, 6.45) is 0. The highest BCUT2D eigenvalue weighted by Crippen LogP contribution is 2.24. The van der Waals surface area contributed by atoms with E-state index in [4.69, 9.17) is 5.11 Å². The van der Waals surface area contributed by atoms with Crippen LogP contribution < -0.4 is 0 Å². The normalized spacial score (nSPS) is 10.7. The highest BCUT2D eigenvalue weighted by molar-refractivity contribution is 9.10. The zero-order valence-corrected chi connectivity index (χ0v) is 10.7. The maximum Gasteiger partial charge on any atom is 0.0610 e. The molecule has 1 N–H and O–H groups in total. The van der Waals surface area contributed by atoms with Crippen molar-refractivity contribution in [2.75, 3.05) is 6.61 Å². The fraction of sp³-hybridized carbons (Fsp3) is 0.231. The number of aliphatic hydroxyl groups is 1. The third kappa shape index (κ3) is 2.20. The van der Waals surface area contributed by atoms with Crippen molar-refractivity contribution in [3.63, 3.8) is 0 Å². The Morgan fingerprint density at radius 1 is 1.12 bits per heavy atom. The Morgan fingerprint density at radius 3 is 2.44 bits per heavy atom. The first-order valence-corrected chi connectivity index (χ1v) is 6.04. The molecule has 0 aliphatic heterocycles. The van der Waals surface area contributed by atoms with Crippen molar-refractivity contribution in [1.82, 2.24) is 4.57 Å². The molecule has 1 heterocycles. The highest BCUT2D eigenvalue weighted by atomic mass is 79.9. The molecule has 84 valence electrons. The Labute approximate surface area is 104 Å². The van der Waals surface area contributed by atoms with Crippen LogP contribution in [0, 0.1) is 6.92 Å². The van der Waals surface area contributed by atoms with Gasteiger partial charge in [0.2, 0.25) is 0 Å². The van der Waals surface area contributed by atoms with E-state index in [0.717, 1.165) is 10.2 Å². The van der Waals surface area contributed by atoms with Crippen molar-refractivity contribution in [3.05, 3.63) is 46.6 Å². The second-order valence-corrected chi connectivity index (χ2v) is 4.66. The van der Waals surface area contributed by atoms with E-state index in [0.29, 0.717) is 6.54 Å². The van der Waals surface area contributed by atoms with E-state index < -0.39 is 0 Å². The van der Waals surface area contributed by atoms with E-state index in [9.17, 15) is 0 Å². The number of aromatic nitrogens is 1. The third-order valence-corrected chi connectivity index (χ3v) is 3.19. The van der Waals surface area contributed by atoms with Crippen molar-refractivity contribution < 1.29 is 5.11 Å². The molecule has 0 bridgehead atoms. The van der Waals surface area contributed by atoms with Crippen LogP contribution in [0.4, 0.5) is 0 Å². The molecule has 0 spiro atoms. The lowest BCUT2D eigenvalue weighted by Gasteiger charge is -2.10. The molecule has 0 fully saturated rings. The van der Waals surface area contributed by atoms with E-state index in [1.54, 1.807) is 0 Å². The van der Waals surface area contributed by atoms with Gasteiger partial charge in [0.1, 0.15) is 0 Å². The van der Waals surface area contributed by atoms with Crippen LogP contribution in [0.3, 0.4) is 0 Å². The number of hydrogen-bond acceptors (Lipinski definition) is 1. The molecule has 1 aromatic carbocycles. The molecule has 2 rings (SSSR count). The van der Waals surface area contributed by atoms with Crippen molar-refractivity contribution >= 4 is 15.9 Å². The van der Waals surface area contributed by atoms with Crippen LogP contribution >= 0.6 is 15.9 Å². The van der Waals surface area contributed by atoms with Gasteiger partial charge < -0.3 is 9.67 Å². The molecule has 2 nitrogen and oxygen atoms in total. The highest BCUT2D eigenvalue weighted by Gasteiger charge is 2.06. The number of nitrogens with zero attached hydrogens (tertiary/aromatic N) is 1. The van der Waals surface area contributed by atoms with Gasteiger partial charge in [-0.3, -0.25) is 0 Å². The van der Waals surface area contributed by atoms with Gasteiger partial charge in [0.05, 0.1) is 6.61 Å². The average molecular weight is 280 g/mol. The van der Waals surface area contributed by atoms with Crippen LogP contribution in [-0.4, -0.2) is 16.3 Å². The maximum atomic E-state index is 9.05. The standard InChI is InChI=1S/C13H14BrNO/c1-10-2-7-13(15(10)8-9-16)11-3-5-12(14)6-4-11/h2-7,16H,8-9H2,1H3. The summed E-state index contributed by atoms with van der Waals surface area (Å²) in [5.74, 6) is 0. The van der Waals surface area contributed by atoms with Gasteiger partial charge in [-0.15, -0.1) is 0 Å². The summed E-state index contributed by atoms with van der Waals surface area (Å²) in [6.45, 7) is 2.86. The van der Waals surface area contributed by atoms with E-state index in [1.807, 2.05) is 12.1 Å². The fourth-order valence-electron chi connectivity index (χ4n) is 1.84. The number of halogens is 1. The molecule has 0 amide bonds. The molecule has 0 radical (unpaired) electrons. The molecule has 0 aliphatic carbocycles. The van der Waals surface area contributed by atoms with Gasteiger partial charge in [0.25, 0.3) is 0 Å². The van der Waals surface area contributed by atoms with Gasteiger partial charge in [0, 0.05) is 22.4 Å². The number of aliphatic hydroxyl groups excluding tert-OH is 1. The predicted octanol–water partition coefficient (Wildman–Crippen LogP) is 3.22. The molecule has 1 aromatic heterocycles. The minimum atomic E-state index is 0.166. The molecule has 0 saturated heterocycles. The lowest BCUT2D eigenvalue weighted by atomic mass is 10.1. The van der Waals surface area contributed by atoms with Crippen molar-refractivity contribution in [3.8, 4) is 11.3 Å². The second-order valence-electron chi connectivity index (χ2n) is 3.74. The predicted molar refractivity (Wildman–Crippen MR) is 69.4 cm³/mol. The van der Waals surface area contributed by atoms with Gasteiger partial charge in [-0.05, 0) is 36.8 Å². The maximum absolute atomic E-state index is 9.05. The third-order valence-electron chi connectivity index (χ3n) is 2.66. The SMILES string of the molecule is Cc1ccc(-c2ccc(Br)cc2)n1CCO. The number of hydrogen-bond donors (Lipinski definition) is 1. The molecular weight excluding hydrogens is 266 g/mol. The summed E-state index contributed by atoms with van der Waals surface area (Å²) in [5.41, 5.74) is 3.50.